The van der Waals surface area contributed by atoms with Crippen molar-refractivity contribution in [3.05, 3.63) is 64.4 Å². The van der Waals surface area contributed by atoms with Gasteiger partial charge in [-0.1, -0.05) is 23.7 Å². The fourth-order valence-electron chi connectivity index (χ4n) is 2.77. The highest BCUT2D eigenvalue weighted by molar-refractivity contribution is 6.30. The van der Waals surface area contributed by atoms with E-state index in [1.165, 1.54) is 12.1 Å². The van der Waals surface area contributed by atoms with Crippen LogP contribution in [0.5, 0.6) is 5.75 Å². The molecule has 0 radical (unpaired) electrons. The number of amides is 1. The van der Waals surface area contributed by atoms with Crippen LogP contribution >= 0.6 is 23.2 Å². The lowest BCUT2D eigenvalue weighted by atomic mass is 9.96. The van der Waals surface area contributed by atoms with E-state index in [0.717, 1.165) is 5.56 Å². The van der Waals surface area contributed by atoms with E-state index in [0.29, 0.717) is 29.5 Å². The van der Waals surface area contributed by atoms with Gasteiger partial charge in [0.15, 0.2) is 0 Å². The normalized spacial score (nSPS) is 17.2. The zero-order valence-corrected chi connectivity index (χ0v) is 13.6. The summed E-state index contributed by atoms with van der Waals surface area (Å²) in [6.07, 6.45) is 0. The molecule has 0 spiro atoms. The van der Waals surface area contributed by atoms with E-state index < -0.39 is 6.04 Å². The van der Waals surface area contributed by atoms with Gasteiger partial charge < -0.3 is 9.64 Å². The van der Waals surface area contributed by atoms with Gasteiger partial charge in [0.05, 0.1) is 12.6 Å². The summed E-state index contributed by atoms with van der Waals surface area (Å²) < 4.78 is 19.5. The van der Waals surface area contributed by atoms with E-state index in [2.05, 4.69) is 0 Å². The Labute approximate surface area is 143 Å². The first-order valence-electron chi connectivity index (χ1n) is 7.13. The third-order valence-corrected chi connectivity index (χ3v) is 4.27. The van der Waals surface area contributed by atoms with Crippen LogP contribution in [0.25, 0.3) is 0 Å². The van der Waals surface area contributed by atoms with Gasteiger partial charge in [-0.15, -0.1) is 11.6 Å². The van der Waals surface area contributed by atoms with Crippen molar-refractivity contribution in [3.8, 4) is 5.75 Å². The molecule has 1 atom stereocenters. The average Bonchev–Trinajstić information content (AvgIpc) is 2.74. The van der Waals surface area contributed by atoms with Crippen molar-refractivity contribution in [2.75, 3.05) is 19.0 Å². The lowest BCUT2D eigenvalue weighted by Gasteiger charge is -2.30. The molecule has 3 nitrogen and oxygen atoms in total. The highest BCUT2D eigenvalue weighted by Gasteiger charge is 2.31. The molecule has 1 amide bonds. The zero-order valence-electron chi connectivity index (χ0n) is 12.1. The predicted molar refractivity (Wildman–Crippen MR) is 87.6 cm³/mol. The molecule has 23 heavy (non-hydrogen) atoms. The highest BCUT2D eigenvalue weighted by atomic mass is 35.5. The number of rotatable bonds is 2. The molecule has 0 aromatic heterocycles. The van der Waals surface area contributed by atoms with Gasteiger partial charge >= 0.3 is 0 Å². The van der Waals surface area contributed by atoms with Crippen LogP contribution in [-0.2, 0) is 4.79 Å². The van der Waals surface area contributed by atoms with Crippen LogP contribution in [0.4, 0.5) is 4.39 Å². The molecular formula is C17H14Cl2FNO2. The number of nitrogens with zero attached hydrogens (tertiary/aromatic N) is 1. The number of benzene rings is 2. The minimum atomic E-state index is -0.466. The van der Waals surface area contributed by atoms with Crippen molar-refractivity contribution in [2.45, 2.75) is 6.04 Å². The minimum absolute atomic E-state index is 0.144. The SMILES string of the molecule is O=C(CCl)N1CCOc2ccc(F)cc2C1c1ccc(Cl)cc1. The second kappa shape index (κ2) is 6.77. The molecule has 2 aromatic rings. The Balaban J connectivity index is 2.16. The van der Waals surface area contributed by atoms with Crippen LogP contribution in [0.1, 0.15) is 17.2 Å². The lowest BCUT2D eigenvalue weighted by molar-refractivity contribution is -0.130. The van der Waals surface area contributed by atoms with Gasteiger partial charge in [-0.2, -0.15) is 0 Å². The maximum atomic E-state index is 13.8. The summed E-state index contributed by atoms with van der Waals surface area (Å²) in [4.78, 5) is 13.9. The molecular weight excluding hydrogens is 340 g/mol. The molecule has 0 saturated heterocycles. The molecule has 0 N–H and O–H groups in total. The van der Waals surface area contributed by atoms with Crippen molar-refractivity contribution < 1.29 is 13.9 Å². The summed E-state index contributed by atoms with van der Waals surface area (Å²) in [6.45, 7) is 0.695. The maximum absolute atomic E-state index is 13.8. The Bertz CT molecular complexity index is 721. The molecule has 6 heteroatoms. The van der Waals surface area contributed by atoms with Gasteiger partial charge in [0.1, 0.15) is 24.1 Å². The second-order valence-corrected chi connectivity index (χ2v) is 5.91. The standard InChI is InChI=1S/C17H14Cl2FNO2/c18-10-16(22)21-7-8-23-15-6-5-13(20)9-14(15)17(21)11-1-3-12(19)4-2-11/h1-6,9,17H,7-8,10H2. The first-order chi connectivity index (χ1) is 11.1. The smallest absolute Gasteiger partial charge is 0.238 e. The van der Waals surface area contributed by atoms with Crippen LogP contribution in [0, 0.1) is 5.82 Å². The van der Waals surface area contributed by atoms with E-state index in [1.54, 1.807) is 23.1 Å². The van der Waals surface area contributed by atoms with Crippen LogP contribution in [-0.4, -0.2) is 29.8 Å². The Morgan fingerprint density at radius 1 is 1.26 bits per heavy atom. The quantitative estimate of drug-likeness (QED) is 0.763. The van der Waals surface area contributed by atoms with Gasteiger partial charge in [-0.25, -0.2) is 4.39 Å². The van der Waals surface area contributed by atoms with Crippen molar-refractivity contribution in [1.82, 2.24) is 4.90 Å². The summed E-state index contributed by atoms with van der Waals surface area (Å²) in [5.41, 5.74) is 1.42. The number of carbonyl (C=O) groups excluding carboxylic acids is 1. The topological polar surface area (TPSA) is 29.5 Å². The number of ether oxygens (including phenoxy) is 1. The summed E-state index contributed by atoms with van der Waals surface area (Å²) >= 11 is 11.7. The molecule has 1 heterocycles. The Morgan fingerprint density at radius 3 is 2.70 bits per heavy atom. The van der Waals surface area contributed by atoms with Gasteiger partial charge in [0.25, 0.3) is 0 Å². The van der Waals surface area contributed by atoms with Crippen molar-refractivity contribution >= 4 is 29.1 Å². The van der Waals surface area contributed by atoms with Crippen LogP contribution in [0.3, 0.4) is 0 Å². The fourth-order valence-corrected chi connectivity index (χ4v) is 3.04. The Kier molecular flexibility index (Phi) is 4.74. The van der Waals surface area contributed by atoms with E-state index >= 15 is 0 Å². The number of alkyl halides is 1. The van der Waals surface area contributed by atoms with E-state index in [1.807, 2.05) is 12.1 Å². The van der Waals surface area contributed by atoms with Gasteiger partial charge in [-0.05, 0) is 35.9 Å². The van der Waals surface area contributed by atoms with E-state index in [9.17, 15) is 9.18 Å². The van der Waals surface area contributed by atoms with Gasteiger partial charge in [0.2, 0.25) is 5.91 Å². The van der Waals surface area contributed by atoms with Crippen molar-refractivity contribution in [2.24, 2.45) is 0 Å². The summed E-state index contributed by atoms with van der Waals surface area (Å²) in [7, 11) is 0. The number of halogens is 3. The number of carbonyl (C=O) groups is 1. The molecule has 1 unspecified atom stereocenters. The van der Waals surface area contributed by atoms with Crippen LogP contribution in [0.15, 0.2) is 42.5 Å². The first-order valence-corrected chi connectivity index (χ1v) is 8.04. The summed E-state index contributed by atoms with van der Waals surface area (Å²) in [5.74, 6) is -0.190. The summed E-state index contributed by atoms with van der Waals surface area (Å²) in [5, 5.41) is 0.591. The Hall–Kier alpha value is -1.78. The van der Waals surface area contributed by atoms with E-state index in [-0.39, 0.29) is 17.6 Å². The molecule has 0 bridgehead atoms. The van der Waals surface area contributed by atoms with Crippen LogP contribution in [0.2, 0.25) is 5.02 Å². The van der Waals surface area contributed by atoms with E-state index in [4.69, 9.17) is 27.9 Å². The van der Waals surface area contributed by atoms with Crippen molar-refractivity contribution in [1.29, 1.82) is 0 Å². The van der Waals surface area contributed by atoms with Gasteiger partial charge in [0, 0.05) is 10.6 Å². The van der Waals surface area contributed by atoms with Gasteiger partial charge in [-0.3, -0.25) is 4.79 Å². The molecule has 0 aliphatic carbocycles. The molecule has 3 rings (SSSR count). The molecule has 0 saturated carbocycles. The molecule has 0 fully saturated rings. The largest absolute Gasteiger partial charge is 0.491 e. The fraction of sp³-hybridized carbons (Fsp3) is 0.235. The highest BCUT2D eigenvalue weighted by Crippen LogP contribution is 2.37. The van der Waals surface area contributed by atoms with Crippen LogP contribution < -0.4 is 4.74 Å². The minimum Gasteiger partial charge on any atom is -0.491 e. The zero-order chi connectivity index (χ0) is 16.4. The molecule has 1 aliphatic heterocycles. The number of hydrogen-bond donors (Lipinski definition) is 0. The van der Waals surface area contributed by atoms with Crippen molar-refractivity contribution in [3.63, 3.8) is 0 Å². The average molecular weight is 354 g/mol. The molecule has 2 aromatic carbocycles. The molecule has 120 valence electrons. The molecule has 1 aliphatic rings. The predicted octanol–water partition coefficient (Wildman–Crippen LogP) is 4.03. The lowest BCUT2D eigenvalue weighted by Crippen LogP contribution is -2.37. The number of hydrogen-bond acceptors (Lipinski definition) is 2. The monoisotopic (exact) mass is 353 g/mol. The first kappa shape index (κ1) is 16.1. The number of fused-ring (bicyclic) bond motifs is 1. The Morgan fingerprint density at radius 2 is 2.00 bits per heavy atom. The third-order valence-electron chi connectivity index (χ3n) is 3.79. The second-order valence-electron chi connectivity index (χ2n) is 5.21. The summed E-state index contributed by atoms with van der Waals surface area (Å²) in [6, 6.07) is 11.0. The third kappa shape index (κ3) is 3.28. The maximum Gasteiger partial charge on any atom is 0.238 e.